The molecule has 0 fully saturated rings. The SMILES string of the molecule is C=C=C(C)C.C=C=CC. The molecule has 0 aliphatic rings. The van der Waals surface area contributed by atoms with Gasteiger partial charge in [-0.2, -0.15) is 0 Å². The number of hydrogen-bond donors (Lipinski definition) is 0. The highest BCUT2D eigenvalue weighted by Crippen LogP contribution is 1.77. The number of allylic oxidation sites excluding steroid dienone is 2. The molecule has 0 N–H and O–H groups in total. The molecule has 0 aromatic rings. The van der Waals surface area contributed by atoms with Crippen molar-refractivity contribution < 1.29 is 0 Å². The lowest BCUT2D eigenvalue weighted by molar-refractivity contribution is 1.41. The van der Waals surface area contributed by atoms with Crippen LogP contribution in [-0.4, -0.2) is 0 Å². The second-order valence-electron chi connectivity index (χ2n) is 1.67. The van der Waals surface area contributed by atoms with Gasteiger partial charge in [-0.1, -0.05) is 13.2 Å². The molecule has 0 spiro atoms. The zero-order valence-corrected chi connectivity index (χ0v) is 6.49. The van der Waals surface area contributed by atoms with Crippen LogP contribution in [0.25, 0.3) is 0 Å². The summed E-state index contributed by atoms with van der Waals surface area (Å²) in [5, 5.41) is 0. The molecular weight excluding hydrogens is 108 g/mol. The first kappa shape index (κ1) is 10.9. The van der Waals surface area contributed by atoms with Gasteiger partial charge >= 0.3 is 0 Å². The van der Waals surface area contributed by atoms with Gasteiger partial charge in [0.1, 0.15) is 0 Å². The topological polar surface area (TPSA) is 0 Å². The van der Waals surface area contributed by atoms with Crippen LogP contribution in [0.1, 0.15) is 20.8 Å². The first-order valence-corrected chi connectivity index (χ1v) is 2.82. The van der Waals surface area contributed by atoms with Gasteiger partial charge in [0.2, 0.25) is 0 Å². The van der Waals surface area contributed by atoms with E-state index < -0.39 is 0 Å². The highest BCUT2D eigenvalue weighted by atomic mass is 13.6. The minimum absolute atomic E-state index is 1.14. The average molecular weight is 122 g/mol. The lowest BCUT2D eigenvalue weighted by Crippen LogP contribution is -1.47. The van der Waals surface area contributed by atoms with Crippen LogP contribution in [-0.2, 0) is 0 Å². The molecule has 0 nitrogen and oxygen atoms in total. The van der Waals surface area contributed by atoms with Crippen molar-refractivity contribution in [3.05, 3.63) is 36.3 Å². The Balaban J connectivity index is 0. The summed E-state index contributed by atoms with van der Waals surface area (Å²) in [5.74, 6) is 0. The number of hydrogen-bond acceptors (Lipinski definition) is 0. The van der Waals surface area contributed by atoms with Gasteiger partial charge in [-0.25, -0.2) is 0 Å². The Hall–Kier alpha value is -0.960. The van der Waals surface area contributed by atoms with Crippen molar-refractivity contribution in [2.24, 2.45) is 0 Å². The Bertz CT molecular complexity index is 135. The summed E-state index contributed by atoms with van der Waals surface area (Å²) in [4.78, 5) is 0. The van der Waals surface area contributed by atoms with Gasteiger partial charge in [0, 0.05) is 0 Å². The van der Waals surface area contributed by atoms with E-state index in [9.17, 15) is 0 Å². The van der Waals surface area contributed by atoms with Crippen molar-refractivity contribution in [2.75, 3.05) is 0 Å². The molecular formula is C9H14. The van der Waals surface area contributed by atoms with Crippen molar-refractivity contribution in [1.29, 1.82) is 0 Å². The van der Waals surface area contributed by atoms with E-state index in [1.807, 2.05) is 20.8 Å². The average Bonchev–Trinajstić information content (AvgIpc) is 1.89. The lowest BCUT2D eigenvalue weighted by atomic mass is 10.4. The largest absolute Gasteiger partial charge is 0.133 e. The molecule has 0 rings (SSSR count). The van der Waals surface area contributed by atoms with Gasteiger partial charge in [-0.05, 0) is 32.4 Å². The summed E-state index contributed by atoms with van der Waals surface area (Å²) < 4.78 is 0. The molecule has 50 valence electrons. The maximum absolute atomic E-state index is 3.40. The van der Waals surface area contributed by atoms with Crippen molar-refractivity contribution in [3.63, 3.8) is 0 Å². The lowest BCUT2D eigenvalue weighted by Gasteiger charge is -1.67. The highest BCUT2D eigenvalue weighted by Gasteiger charge is 1.57. The van der Waals surface area contributed by atoms with Crippen LogP contribution in [0.15, 0.2) is 36.3 Å². The predicted octanol–water partition coefficient (Wildman–Crippen LogP) is 3.08. The van der Waals surface area contributed by atoms with Gasteiger partial charge in [-0.3, -0.25) is 0 Å². The molecule has 0 aromatic carbocycles. The molecule has 0 aliphatic carbocycles. The second kappa shape index (κ2) is 10.1. The quantitative estimate of drug-likeness (QED) is 0.433. The zero-order valence-electron chi connectivity index (χ0n) is 6.49. The molecule has 0 atom stereocenters. The summed E-state index contributed by atoms with van der Waals surface area (Å²) in [5.41, 5.74) is 6.39. The van der Waals surface area contributed by atoms with Crippen molar-refractivity contribution in [1.82, 2.24) is 0 Å². The zero-order chi connectivity index (χ0) is 7.70. The Morgan fingerprint density at radius 2 is 1.56 bits per heavy atom. The van der Waals surface area contributed by atoms with Gasteiger partial charge in [-0.15, -0.1) is 11.5 Å². The molecule has 0 amide bonds. The molecule has 0 bridgehead atoms. The van der Waals surface area contributed by atoms with Crippen LogP contribution in [0, 0.1) is 0 Å². The molecule has 0 aromatic heterocycles. The summed E-state index contributed by atoms with van der Waals surface area (Å²) >= 11 is 0. The molecule has 0 saturated carbocycles. The Morgan fingerprint density at radius 1 is 1.33 bits per heavy atom. The van der Waals surface area contributed by atoms with E-state index in [1.54, 1.807) is 6.08 Å². The standard InChI is InChI=1S/C5H8.C4H6/c1-4-5(2)3;1-3-4-2/h1H2,2-3H3;4H,1H2,2H3. The van der Waals surface area contributed by atoms with E-state index in [2.05, 4.69) is 24.6 Å². The number of rotatable bonds is 0. The molecule has 0 heterocycles. The van der Waals surface area contributed by atoms with Crippen molar-refractivity contribution in [3.8, 4) is 0 Å². The van der Waals surface area contributed by atoms with Crippen LogP contribution < -0.4 is 0 Å². The van der Waals surface area contributed by atoms with Gasteiger partial charge in [0.05, 0.1) is 0 Å². The Kier molecular flexibility index (Phi) is 12.3. The fraction of sp³-hybridized carbons (Fsp3) is 0.333. The highest BCUT2D eigenvalue weighted by molar-refractivity contribution is 4.87. The Morgan fingerprint density at radius 3 is 1.56 bits per heavy atom. The normalized spacial score (nSPS) is 5.22. The van der Waals surface area contributed by atoms with E-state index >= 15 is 0 Å². The van der Waals surface area contributed by atoms with E-state index in [0.29, 0.717) is 0 Å². The molecule has 0 aliphatic heterocycles. The maximum atomic E-state index is 3.40. The third-order valence-electron chi connectivity index (χ3n) is 0.558. The second-order valence-corrected chi connectivity index (χ2v) is 1.67. The van der Waals surface area contributed by atoms with Crippen LogP contribution in [0.3, 0.4) is 0 Å². The van der Waals surface area contributed by atoms with Crippen LogP contribution in [0.2, 0.25) is 0 Å². The summed E-state index contributed by atoms with van der Waals surface area (Å²) in [7, 11) is 0. The monoisotopic (exact) mass is 122 g/mol. The predicted molar refractivity (Wildman–Crippen MR) is 43.4 cm³/mol. The first-order chi connectivity index (χ1) is 4.18. The third-order valence-corrected chi connectivity index (χ3v) is 0.558. The summed E-state index contributed by atoms with van der Waals surface area (Å²) in [6, 6.07) is 0. The van der Waals surface area contributed by atoms with Gasteiger partial charge < -0.3 is 0 Å². The molecule has 0 radical (unpaired) electrons. The molecule has 9 heavy (non-hydrogen) atoms. The molecule has 0 saturated heterocycles. The van der Waals surface area contributed by atoms with Crippen molar-refractivity contribution in [2.45, 2.75) is 20.8 Å². The van der Waals surface area contributed by atoms with E-state index in [4.69, 9.17) is 0 Å². The van der Waals surface area contributed by atoms with Crippen LogP contribution in [0.4, 0.5) is 0 Å². The fourth-order valence-corrected chi connectivity index (χ4v) is 0. The summed E-state index contributed by atoms with van der Waals surface area (Å²) in [6.45, 7) is 12.5. The van der Waals surface area contributed by atoms with Crippen molar-refractivity contribution >= 4 is 0 Å². The smallest absolute Gasteiger partial charge is 0.0351 e. The van der Waals surface area contributed by atoms with Crippen LogP contribution >= 0.6 is 0 Å². The first-order valence-electron chi connectivity index (χ1n) is 2.82. The summed E-state index contributed by atoms with van der Waals surface area (Å²) in [6.07, 6.45) is 1.76. The Labute approximate surface area is 57.9 Å². The maximum Gasteiger partial charge on any atom is -0.0351 e. The van der Waals surface area contributed by atoms with E-state index in [1.165, 1.54) is 0 Å². The van der Waals surface area contributed by atoms with E-state index in [0.717, 1.165) is 5.57 Å². The van der Waals surface area contributed by atoms with Gasteiger partial charge in [0.15, 0.2) is 0 Å². The van der Waals surface area contributed by atoms with Crippen LogP contribution in [0.5, 0.6) is 0 Å². The fourth-order valence-electron chi connectivity index (χ4n) is 0. The van der Waals surface area contributed by atoms with E-state index in [-0.39, 0.29) is 0 Å². The molecule has 0 unspecified atom stereocenters. The minimum Gasteiger partial charge on any atom is -0.133 e. The minimum atomic E-state index is 1.14. The molecule has 0 heteroatoms. The third kappa shape index (κ3) is 43.0. The van der Waals surface area contributed by atoms with Gasteiger partial charge in [0.25, 0.3) is 0 Å².